The number of carbonyl (C=O) groups excluding carboxylic acids is 1. The van der Waals surface area contributed by atoms with Crippen LogP contribution in [0.4, 0.5) is 0 Å². The monoisotopic (exact) mass is 348 g/mol. The molecule has 24 heavy (non-hydrogen) atoms. The fraction of sp³-hybridized carbons (Fsp3) is 0.824. The van der Waals surface area contributed by atoms with Crippen LogP contribution in [0.15, 0.2) is 12.2 Å². The summed E-state index contributed by atoms with van der Waals surface area (Å²) in [5.41, 5.74) is 0.383. The summed E-state index contributed by atoms with van der Waals surface area (Å²) in [6.07, 6.45) is 1.02. The summed E-state index contributed by atoms with van der Waals surface area (Å²) in [4.78, 5) is 11.1. The van der Waals surface area contributed by atoms with Crippen LogP contribution in [0.2, 0.25) is 0 Å². The molecule has 0 aromatic carbocycles. The number of hydrogen-bond acceptors (Lipinski definition) is 7. The fourth-order valence-corrected chi connectivity index (χ4v) is 1.44. The Morgan fingerprint density at radius 1 is 0.667 bits per heavy atom. The van der Waals surface area contributed by atoms with Crippen LogP contribution in [0, 0.1) is 0 Å². The summed E-state index contributed by atoms with van der Waals surface area (Å²) in [5, 5.41) is 0. The van der Waals surface area contributed by atoms with E-state index in [1.807, 2.05) is 0 Å². The van der Waals surface area contributed by atoms with Gasteiger partial charge in [0.25, 0.3) is 0 Å². The molecule has 0 fully saturated rings. The van der Waals surface area contributed by atoms with Gasteiger partial charge in [-0.1, -0.05) is 13.5 Å². The normalized spacial score (nSPS) is 10.8. The highest BCUT2D eigenvalue weighted by molar-refractivity contribution is 5.86. The molecule has 0 aliphatic carbocycles. The second-order valence-electron chi connectivity index (χ2n) is 4.98. The topological polar surface area (TPSA) is 72.5 Å². The molecular formula is C17H32O7. The molecular weight excluding hydrogens is 316 g/mol. The third-order valence-corrected chi connectivity index (χ3v) is 2.65. The summed E-state index contributed by atoms with van der Waals surface area (Å²) in [6.45, 7) is 12.8. The van der Waals surface area contributed by atoms with Crippen LogP contribution in [0.3, 0.4) is 0 Å². The zero-order valence-corrected chi connectivity index (χ0v) is 15.1. The van der Waals surface area contributed by atoms with Gasteiger partial charge in [0.2, 0.25) is 0 Å². The van der Waals surface area contributed by atoms with E-state index >= 15 is 0 Å². The molecule has 0 aliphatic rings. The maximum Gasteiger partial charge on any atom is 0.333 e. The minimum Gasteiger partial charge on any atom is -0.460 e. The molecule has 0 bridgehead atoms. The molecule has 0 spiro atoms. The summed E-state index contributed by atoms with van der Waals surface area (Å²) in [7, 11) is 0. The van der Waals surface area contributed by atoms with Gasteiger partial charge in [0.05, 0.1) is 59.5 Å². The Hall–Kier alpha value is -0.990. The molecule has 142 valence electrons. The maximum absolute atomic E-state index is 11.1. The molecule has 0 aliphatic heterocycles. The molecule has 0 aromatic heterocycles. The molecule has 0 saturated heterocycles. The van der Waals surface area contributed by atoms with Crippen LogP contribution >= 0.6 is 0 Å². The van der Waals surface area contributed by atoms with Crippen molar-refractivity contribution in [3.05, 3.63) is 12.2 Å². The first-order valence-electron chi connectivity index (χ1n) is 8.39. The molecule has 0 amide bonds. The summed E-state index contributed by atoms with van der Waals surface area (Å²) >= 11 is 0. The Morgan fingerprint density at radius 2 is 1.00 bits per heavy atom. The Kier molecular flexibility index (Phi) is 17.6. The predicted octanol–water partition coefficient (Wildman–Crippen LogP) is 1.60. The summed E-state index contributed by atoms with van der Waals surface area (Å²) < 4.78 is 31.5. The number of carbonyl (C=O) groups is 1. The highest BCUT2D eigenvalue weighted by atomic mass is 16.6. The van der Waals surface area contributed by atoms with E-state index in [0.29, 0.717) is 65.0 Å². The first-order chi connectivity index (χ1) is 11.7. The summed E-state index contributed by atoms with van der Waals surface area (Å²) in [6, 6.07) is 0. The Bertz CT molecular complexity index is 307. The van der Waals surface area contributed by atoms with Crippen molar-refractivity contribution in [3.63, 3.8) is 0 Å². The quantitative estimate of drug-likeness (QED) is 0.212. The Labute approximate surface area is 145 Å². The van der Waals surface area contributed by atoms with E-state index in [0.717, 1.165) is 13.0 Å². The van der Waals surface area contributed by atoms with Crippen molar-refractivity contribution in [3.8, 4) is 0 Å². The van der Waals surface area contributed by atoms with E-state index in [2.05, 4.69) is 13.5 Å². The number of ether oxygens (including phenoxy) is 6. The maximum atomic E-state index is 11.1. The molecule has 0 aromatic rings. The van der Waals surface area contributed by atoms with Gasteiger partial charge in [-0.3, -0.25) is 0 Å². The smallest absolute Gasteiger partial charge is 0.333 e. The molecule has 0 unspecified atom stereocenters. The van der Waals surface area contributed by atoms with Crippen LogP contribution in [0.5, 0.6) is 0 Å². The molecule has 0 radical (unpaired) electrons. The van der Waals surface area contributed by atoms with Gasteiger partial charge in [0.1, 0.15) is 6.61 Å². The Morgan fingerprint density at radius 3 is 1.33 bits per heavy atom. The lowest BCUT2D eigenvalue weighted by atomic mass is 10.4. The molecule has 0 rings (SSSR count). The van der Waals surface area contributed by atoms with Crippen molar-refractivity contribution in [2.75, 3.05) is 72.7 Å². The van der Waals surface area contributed by atoms with Gasteiger partial charge in [-0.15, -0.1) is 0 Å². The molecule has 7 heteroatoms. The third-order valence-electron chi connectivity index (χ3n) is 2.65. The van der Waals surface area contributed by atoms with Crippen molar-refractivity contribution in [2.24, 2.45) is 0 Å². The lowest BCUT2D eigenvalue weighted by Gasteiger charge is -2.08. The van der Waals surface area contributed by atoms with Crippen LogP contribution in [-0.2, 0) is 33.2 Å². The van der Waals surface area contributed by atoms with Crippen molar-refractivity contribution < 1.29 is 33.2 Å². The first-order valence-corrected chi connectivity index (χ1v) is 8.39. The van der Waals surface area contributed by atoms with Crippen LogP contribution in [0.25, 0.3) is 0 Å². The number of rotatable bonds is 18. The minimum atomic E-state index is -0.399. The SMILES string of the molecule is C=C(C)C(=O)OCCOCCOCCOCCOCCOCCC. The Balaban J connectivity index is 3.05. The van der Waals surface area contributed by atoms with Crippen molar-refractivity contribution in [1.82, 2.24) is 0 Å². The largest absolute Gasteiger partial charge is 0.460 e. The number of esters is 1. The van der Waals surface area contributed by atoms with Gasteiger partial charge >= 0.3 is 5.97 Å². The fourth-order valence-electron chi connectivity index (χ4n) is 1.44. The number of hydrogen-bond donors (Lipinski definition) is 0. The van der Waals surface area contributed by atoms with Gasteiger partial charge in [-0.25, -0.2) is 4.79 Å². The van der Waals surface area contributed by atoms with Crippen LogP contribution in [-0.4, -0.2) is 78.6 Å². The van der Waals surface area contributed by atoms with Crippen LogP contribution in [0.1, 0.15) is 20.3 Å². The first kappa shape index (κ1) is 23.0. The van der Waals surface area contributed by atoms with E-state index in [9.17, 15) is 4.79 Å². The second kappa shape index (κ2) is 18.4. The van der Waals surface area contributed by atoms with Gasteiger partial charge in [-0.05, 0) is 13.3 Å². The summed E-state index contributed by atoms with van der Waals surface area (Å²) in [5.74, 6) is -0.399. The van der Waals surface area contributed by atoms with Crippen molar-refractivity contribution >= 4 is 5.97 Å². The predicted molar refractivity (Wildman–Crippen MR) is 90.2 cm³/mol. The minimum absolute atomic E-state index is 0.221. The average Bonchev–Trinajstić information content (AvgIpc) is 2.57. The molecule has 7 nitrogen and oxygen atoms in total. The zero-order chi connectivity index (χ0) is 17.9. The van der Waals surface area contributed by atoms with Crippen molar-refractivity contribution in [2.45, 2.75) is 20.3 Å². The highest BCUT2D eigenvalue weighted by Crippen LogP contribution is 1.91. The molecule has 0 N–H and O–H groups in total. The lowest BCUT2D eigenvalue weighted by Crippen LogP contribution is -2.15. The van der Waals surface area contributed by atoms with Gasteiger partial charge < -0.3 is 28.4 Å². The lowest BCUT2D eigenvalue weighted by molar-refractivity contribution is -0.140. The second-order valence-corrected chi connectivity index (χ2v) is 4.98. The van der Waals surface area contributed by atoms with E-state index < -0.39 is 5.97 Å². The van der Waals surface area contributed by atoms with E-state index in [4.69, 9.17) is 28.4 Å². The van der Waals surface area contributed by atoms with E-state index in [1.54, 1.807) is 6.92 Å². The standard InChI is InChI=1S/C17H32O7/c1-4-5-19-6-7-20-8-9-21-10-11-22-12-13-23-14-15-24-17(18)16(2)3/h2,4-15H2,1,3H3. The van der Waals surface area contributed by atoms with Gasteiger partial charge in [0, 0.05) is 12.2 Å². The van der Waals surface area contributed by atoms with Gasteiger partial charge in [-0.2, -0.15) is 0 Å². The van der Waals surface area contributed by atoms with E-state index in [1.165, 1.54) is 0 Å². The van der Waals surface area contributed by atoms with Crippen molar-refractivity contribution in [1.29, 1.82) is 0 Å². The average molecular weight is 348 g/mol. The highest BCUT2D eigenvalue weighted by Gasteiger charge is 2.01. The molecule has 0 saturated carbocycles. The zero-order valence-electron chi connectivity index (χ0n) is 15.1. The van der Waals surface area contributed by atoms with E-state index in [-0.39, 0.29) is 6.61 Å². The molecule has 0 heterocycles. The molecule has 0 atom stereocenters. The van der Waals surface area contributed by atoms with Crippen LogP contribution < -0.4 is 0 Å². The third kappa shape index (κ3) is 17.4. The van der Waals surface area contributed by atoms with Gasteiger partial charge in [0.15, 0.2) is 0 Å².